The molecule has 9 heteroatoms. The van der Waals surface area contributed by atoms with Crippen LogP contribution in [0.3, 0.4) is 0 Å². The van der Waals surface area contributed by atoms with E-state index in [4.69, 9.17) is 9.47 Å². The fourth-order valence-electron chi connectivity index (χ4n) is 6.04. The van der Waals surface area contributed by atoms with Crippen molar-refractivity contribution < 1.29 is 19.2 Å². The molecule has 1 aromatic carbocycles. The molecule has 1 saturated heterocycles. The van der Waals surface area contributed by atoms with Crippen LogP contribution in [0.1, 0.15) is 68.6 Å². The highest BCUT2D eigenvalue weighted by Crippen LogP contribution is 2.43. The number of benzene rings is 1. The number of rotatable bonds is 8. The molecule has 0 aromatic heterocycles. The van der Waals surface area contributed by atoms with E-state index >= 15 is 0 Å². The molecule has 1 aromatic rings. The van der Waals surface area contributed by atoms with Crippen LogP contribution in [-0.4, -0.2) is 54.6 Å². The van der Waals surface area contributed by atoms with Crippen molar-refractivity contribution in [3.8, 4) is 11.5 Å². The molecule has 4 rings (SSSR count). The average molecular weight is 482 g/mol. The van der Waals surface area contributed by atoms with Gasteiger partial charge in [0.2, 0.25) is 5.75 Å². The van der Waals surface area contributed by atoms with Gasteiger partial charge in [0, 0.05) is 37.3 Å². The summed E-state index contributed by atoms with van der Waals surface area (Å²) in [6.07, 6.45) is 9.69. The molecule has 0 spiro atoms. The van der Waals surface area contributed by atoms with Gasteiger partial charge in [0.1, 0.15) is 5.75 Å². The number of ether oxygens (including phenoxy) is 2. The molecule has 1 N–H and O–H groups in total. The van der Waals surface area contributed by atoms with Crippen molar-refractivity contribution in [3.63, 3.8) is 0 Å². The lowest BCUT2D eigenvalue weighted by molar-refractivity contribution is -0.385. The van der Waals surface area contributed by atoms with E-state index in [2.05, 4.69) is 10.2 Å². The number of nitrogens with zero attached hydrogens (tertiary/aromatic N) is 2. The lowest BCUT2D eigenvalue weighted by atomic mass is 9.68. The van der Waals surface area contributed by atoms with E-state index in [0.29, 0.717) is 12.6 Å². The predicted octanol–water partition coefficient (Wildman–Crippen LogP) is 4.59. The van der Waals surface area contributed by atoms with E-state index in [1.165, 1.54) is 57.8 Å². The Bertz CT molecular complexity index is 830. The Morgan fingerprint density at radius 3 is 2.39 bits per heavy atom. The van der Waals surface area contributed by atoms with Crippen molar-refractivity contribution in [2.45, 2.75) is 70.4 Å². The number of likely N-dealkylation sites (tertiary alicyclic amines) is 1. The maximum absolute atomic E-state index is 13.1. The third-order valence-corrected chi connectivity index (χ3v) is 7.43. The number of nitro benzene ring substituents is 1. The fourth-order valence-corrected chi connectivity index (χ4v) is 6.04. The van der Waals surface area contributed by atoms with E-state index in [-0.39, 0.29) is 47.1 Å². The van der Waals surface area contributed by atoms with Crippen molar-refractivity contribution >= 4 is 24.0 Å². The molecule has 184 valence electrons. The monoisotopic (exact) mass is 481 g/mol. The summed E-state index contributed by atoms with van der Waals surface area (Å²) in [5, 5.41) is 14.7. The van der Waals surface area contributed by atoms with Crippen molar-refractivity contribution in [1.82, 2.24) is 10.2 Å². The van der Waals surface area contributed by atoms with Gasteiger partial charge >= 0.3 is 5.69 Å². The van der Waals surface area contributed by atoms with Gasteiger partial charge in [-0.1, -0.05) is 19.8 Å². The molecule has 2 saturated carbocycles. The molecular weight excluding hydrogens is 446 g/mol. The molecule has 1 amide bonds. The van der Waals surface area contributed by atoms with Crippen LogP contribution in [0.2, 0.25) is 0 Å². The van der Waals surface area contributed by atoms with Gasteiger partial charge in [-0.15, -0.1) is 12.4 Å². The molecule has 3 fully saturated rings. The second-order valence-electron chi connectivity index (χ2n) is 9.45. The number of carbonyl (C=O) groups is 1. The lowest BCUT2D eigenvalue weighted by Crippen LogP contribution is -2.50. The summed E-state index contributed by atoms with van der Waals surface area (Å²) >= 11 is 0. The van der Waals surface area contributed by atoms with E-state index < -0.39 is 4.92 Å². The minimum atomic E-state index is -0.514. The highest BCUT2D eigenvalue weighted by Gasteiger charge is 2.42. The topological polar surface area (TPSA) is 93.9 Å². The number of nitrogens with one attached hydrogen (secondary N) is 1. The summed E-state index contributed by atoms with van der Waals surface area (Å²) < 4.78 is 10.9. The van der Waals surface area contributed by atoms with E-state index in [0.717, 1.165) is 37.8 Å². The summed E-state index contributed by atoms with van der Waals surface area (Å²) in [7, 11) is 1.46. The Kier molecular flexibility index (Phi) is 8.82. The fraction of sp³-hybridized carbons (Fsp3) is 0.708. The minimum absolute atomic E-state index is 0. The molecule has 33 heavy (non-hydrogen) atoms. The average Bonchev–Trinajstić information content (AvgIpc) is 3.24. The zero-order chi connectivity index (χ0) is 22.7. The largest absolute Gasteiger partial charge is 0.496 e. The summed E-state index contributed by atoms with van der Waals surface area (Å²) in [4.78, 5) is 26.7. The van der Waals surface area contributed by atoms with Gasteiger partial charge in [-0.3, -0.25) is 19.8 Å². The predicted molar refractivity (Wildman–Crippen MR) is 129 cm³/mol. The molecule has 2 bridgehead atoms. The first kappa shape index (κ1) is 25.6. The molecule has 2 aliphatic carbocycles. The van der Waals surface area contributed by atoms with Crippen molar-refractivity contribution in [1.29, 1.82) is 0 Å². The number of methoxy groups -OCH3 is 1. The zero-order valence-corrected chi connectivity index (χ0v) is 20.4. The highest BCUT2D eigenvalue weighted by molar-refractivity contribution is 5.98. The SMILES string of the molecule is CCCOc1cc(OC)c(C(=O)NC2CCN(C3C4CCCC3CCC4)C2)cc1[N+](=O)[O-].Cl. The van der Waals surface area contributed by atoms with E-state index in [9.17, 15) is 14.9 Å². The Balaban J connectivity index is 0.00000306. The molecule has 1 atom stereocenters. The summed E-state index contributed by atoms with van der Waals surface area (Å²) in [6, 6.07) is 3.43. The Morgan fingerprint density at radius 1 is 1.15 bits per heavy atom. The van der Waals surface area contributed by atoms with Crippen LogP contribution in [0.15, 0.2) is 12.1 Å². The smallest absolute Gasteiger partial charge is 0.312 e. The van der Waals surface area contributed by atoms with Crippen molar-refractivity contribution in [2.24, 2.45) is 11.8 Å². The van der Waals surface area contributed by atoms with Crippen LogP contribution in [0.5, 0.6) is 11.5 Å². The van der Waals surface area contributed by atoms with Gasteiger partial charge in [-0.2, -0.15) is 0 Å². The highest BCUT2D eigenvalue weighted by atomic mass is 35.5. The lowest BCUT2D eigenvalue weighted by Gasteiger charge is -2.47. The number of fused-ring (bicyclic) bond motifs is 2. The van der Waals surface area contributed by atoms with Crippen LogP contribution in [0.4, 0.5) is 5.69 Å². The molecular formula is C24H36ClN3O5. The zero-order valence-electron chi connectivity index (χ0n) is 19.6. The number of halogens is 1. The molecule has 1 unspecified atom stereocenters. The summed E-state index contributed by atoms with van der Waals surface area (Å²) in [5.74, 6) is 1.69. The number of carbonyl (C=O) groups excluding carboxylic acids is 1. The van der Waals surface area contributed by atoms with Crippen LogP contribution in [-0.2, 0) is 0 Å². The standard InChI is InChI=1S/C24H35N3O5.ClH/c1-3-12-32-22-14-21(31-2)19(13-20(22)27(29)30)24(28)25-18-10-11-26(15-18)23-16-6-4-7-17(23)9-5-8-16;/h13-14,16-18,23H,3-12,15H2,1-2H3,(H,25,28);1H. The Hall–Kier alpha value is -2.06. The van der Waals surface area contributed by atoms with Gasteiger partial charge in [0.15, 0.2) is 0 Å². The molecule has 3 aliphatic rings. The molecule has 8 nitrogen and oxygen atoms in total. The summed E-state index contributed by atoms with van der Waals surface area (Å²) in [6.45, 7) is 4.14. The van der Waals surface area contributed by atoms with Gasteiger partial charge in [-0.05, 0) is 50.4 Å². The Morgan fingerprint density at radius 2 is 1.82 bits per heavy atom. The van der Waals surface area contributed by atoms with Crippen LogP contribution >= 0.6 is 12.4 Å². The van der Waals surface area contributed by atoms with Gasteiger partial charge in [0.25, 0.3) is 5.91 Å². The second kappa shape index (κ2) is 11.4. The number of hydrogen-bond donors (Lipinski definition) is 1. The number of amides is 1. The van der Waals surface area contributed by atoms with E-state index in [1.807, 2.05) is 6.92 Å². The van der Waals surface area contributed by atoms with Gasteiger partial charge in [0.05, 0.1) is 24.2 Å². The quantitative estimate of drug-likeness (QED) is 0.431. The maximum atomic E-state index is 13.1. The molecule has 0 radical (unpaired) electrons. The van der Waals surface area contributed by atoms with Crippen molar-refractivity contribution in [3.05, 3.63) is 27.8 Å². The van der Waals surface area contributed by atoms with E-state index in [1.54, 1.807) is 0 Å². The number of hydrogen-bond acceptors (Lipinski definition) is 6. The van der Waals surface area contributed by atoms with Crippen molar-refractivity contribution in [2.75, 3.05) is 26.8 Å². The first-order chi connectivity index (χ1) is 15.5. The normalized spacial score (nSPS) is 26.8. The summed E-state index contributed by atoms with van der Waals surface area (Å²) in [5.41, 5.74) is -0.0384. The number of nitro groups is 1. The second-order valence-corrected chi connectivity index (χ2v) is 9.45. The van der Waals surface area contributed by atoms with Crippen LogP contribution in [0, 0.1) is 22.0 Å². The van der Waals surface area contributed by atoms with Gasteiger partial charge < -0.3 is 14.8 Å². The third-order valence-electron chi connectivity index (χ3n) is 7.43. The first-order valence-corrected chi connectivity index (χ1v) is 12.1. The minimum Gasteiger partial charge on any atom is -0.496 e. The first-order valence-electron chi connectivity index (χ1n) is 12.1. The maximum Gasteiger partial charge on any atom is 0.312 e. The van der Waals surface area contributed by atoms with Gasteiger partial charge in [-0.25, -0.2) is 0 Å². The third kappa shape index (κ3) is 5.54. The molecule has 1 aliphatic heterocycles. The van der Waals surface area contributed by atoms with Crippen LogP contribution in [0.25, 0.3) is 0 Å². The molecule has 1 heterocycles. The van der Waals surface area contributed by atoms with Crippen LogP contribution < -0.4 is 14.8 Å². The Labute approximate surface area is 201 Å².